The molecule has 0 fully saturated rings. The average Bonchev–Trinajstić information content (AvgIpc) is 2.51. The van der Waals surface area contributed by atoms with Crippen molar-refractivity contribution in [1.29, 1.82) is 0 Å². The summed E-state index contributed by atoms with van der Waals surface area (Å²) in [4.78, 5) is 12.9. The second kappa shape index (κ2) is 7.59. The molecule has 29 heavy (non-hydrogen) atoms. The van der Waals surface area contributed by atoms with Crippen LogP contribution in [-0.2, 0) is 0 Å². The SMILES string of the molecule is Cc1cc(C)c([Si](O)(c2c(C)cc(C)cc2C)c2c(C)cc(C)cc2C)c(C)c1. The van der Waals surface area contributed by atoms with E-state index in [4.69, 9.17) is 0 Å². The van der Waals surface area contributed by atoms with Crippen molar-refractivity contribution in [2.24, 2.45) is 0 Å². The third kappa shape index (κ3) is 3.60. The van der Waals surface area contributed by atoms with Crippen LogP contribution in [0.3, 0.4) is 0 Å². The molecule has 0 radical (unpaired) electrons. The van der Waals surface area contributed by atoms with E-state index in [1.165, 1.54) is 50.1 Å². The van der Waals surface area contributed by atoms with Crippen LogP contribution < -0.4 is 15.6 Å². The van der Waals surface area contributed by atoms with Crippen LogP contribution in [0.2, 0.25) is 0 Å². The van der Waals surface area contributed by atoms with Crippen LogP contribution in [-0.4, -0.2) is 13.1 Å². The molecule has 0 saturated heterocycles. The average molecular weight is 403 g/mol. The zero-order valence-electron chi connectivity index (χ0n) is 19.4. The molecule has 0 heterocycles. The van der Waals surface area contributed by atoms with Crippen molar-refractivity contribution in [1.82, 2.24) is 0 Å². The van der Waals surface area contributed by atoms with Gasteiger partial charge in [-0.2, -0.15) is 0 Å². The highest BCUT2D eigenvalue weighted by Crippen LogP contribution is 2.20. The van der Waals surface area contributed by atoms with E-state index in [1.54, 1.807) is 0 Å². The Morgan fingerprint density at radius 1 is 0.414 bits per heavy atom. The standard InChI is InChI=1S/C27H34OSi/c1-16-10-19(4)25(20(5)11-16)29(28,26-21(6)12-17(2)13-22(26)7)27-23(8)14-18(3)15-24(27)9/h10-15,28H,1-9H3. The Morgan fingerprint density at radius 2 is 0.586 bits per heavy atom. The van der Waals surface area contributed by atoms with E-state index >= 15 is 0 Å². The van der Waals surface area contributed by atoms with Gasteiger partial charge in [-0.15, -0.1) is 0 Å². The van der Waals surface area contributed by atoms with Crippen molar-refractivity contribution >= 4 is 23.9 Å². The topological polar surface area (TPSA) is 20.2 Å². The first-order valence-electron chi connectivity index (χ1n) is 10.4. The van der Waals surface area contributed by atoms with Gasteiger partial charge in [0, 0.05) is 0 Å². The molecule has 0 amide bonds. The van der Waals surface area contributed by atoms with Crippen LogP contribution in [0.15, 0.2) is 36.4 Å². The largest absolute Gasteiger partial charge is 0.421 e. The molecule has 3 aromatic rings. The normalized spacial score (nSPS) is 11.8. The first-order chi connectivity index (χ1) is 13.5. The Balaban J connectivity index is 2.55. The van der Waals surface area contributed by atoms with Gasteiger partial charge in [-0.1, -0.05) is 53.1 Å². The van der Waals surface area contributed by atoms with Gasteiger partial charge in [-0.25, -0.2) is 0 Å². The molecule has 152 valence electrons. The monoisotopic (exact) mass is 402 g/mol. The predicted molar refractivity (Wildman–Crippen MR) is 129 cm³/mol. The van der Waals surface area contributed by atoms with Gasteiger partial charge >= 0.3 is 0 Å². The fourth-order valence-corrected chi connectivity index (χ4v) is 10.2. The molecule has 0 aliphatic carbocycles. The van der Waals surface area contributed by atoms with E-state index in [0.29, 0.717) is 0 Å². The van der Waals surface area contributed by atoms with Gasteiger partial charge in [0.15, 0.2) is 0 Å². The molecule has 0 spiro atoms. The molecule has 3 aromatic carbocycles. The van der Waals surface area contributed by atoms with Crippen LogP contribution in [0.1, 0.15) is 50.1 Å². The molecule has 3 rings (SSSR count). The molecular weight excluding hydrogens is 368 g/mol. The Morgan fingerprint density at radius 3 is 0.759 bits per heavy atom. The van der Waals surface area contributed by atoms with Crippen molar-refractivity contribution in [3.05, 3.63) is 86.5 Å². The summed E-state index contributed by atoms with van der Waals surface area (Å²) in [6, 6.07) is 13.3. The van der Waals surface area contributed by atoms with E-state index in [9.17, 15) is 4.80 Å². The van der Waals surface area contributed by atoms with Crippen LogP contribution in [0.5, 0.6) is 0 Å². The van der Waals surface area contributed by atoms with Gasteiger partial charge in [-0.05, 0) is 111 Å². The van der Waals surface area contributed by atoms with E-state index in [0.717, 1.165) is 15.6 Å². The molecule has 0 atom stereocenters. The first kappa shape index (κ1) is 21.5. The lowest BCUT2D eigenvalue weighted by molar-refractivity contribution is 0.581. The molecule has 2 heteroatoms. The van der Waals surface area contributed by atoms with E-state index in [2.05, 4.69) is 98.7 Å². The molecule has 1 nitrogen and oxygen atoms in total. The number of hydrogen-bond donors (Lipinski definition) is 1. The highest BCUT2D eigenvalue weighted by molar-refractivity contribution is 7.07. The lowest BCUT2D eigenvalue weighted by Gasteiger charge is -2.35. The highest BCUT2D eigenvalue weighted by atomic mass is 28.4. The number of rotatable bonds is 3. The number of hydrogen-bond acceptors (Lipinski definition) is 1. The summed E-state index contributed by atoms with van der Waals surface area (Å²) in [5.41, 5.74) is 10.9. The van der Waals surface area contributed by atoms with Gasteiger partial charge < -0.3 is 4.80 Å². The Hall–Kier alpha value is -2.16. The minimum Gasteiger partial charge on any atom is -0.421 e. The molecule has 1 N–H and O–H groups in total. The van der Waals surface area contributed by atoms with Crippen LogP contribution in [0, 0.1) is 62.3 Å². The number of benzene rings is 3. The maximum absolute atomic E-state index is 12.9. The lowest BCUT2D eigenvalue weighted by Crippen LogP contribution is -2.71. The molecule has 0 saturated carbocycles. The van der Waals surface area contributed by atoms with E-state index in [1.807, 2.05) is 0 Å². The highest BCUT2D eigenvalue weighted by Gasteiger charge is 2.44. The smallest absolute Gasteiger partial charge is 0.287 e. The zero-order valence-corrected chi connectivity index (χ0v) is 20.4. The van der Waals surface area contributed by atoms with Crippen LogP contribution in [0.25, 0.3) is 0 Å². The Labute approximate surface area is 177 Å². The van der Waals surface area contributed by atoms with Crippen molar-refractivity contribution < 1.29 is 4.80 Å². The minimum absolute atomic E-state index is 1.15. The van der Waals surface area contributed by atoms with Crippen molar-refractivity contribution in [3.63, 3.8) is 0 Å². The fourth-order valence-electron chi connectivity index (χ4n) is 5.63. The van der Waals surface area contributed by atoms with Crippen molar-refractivity contribution in [3.8, 4) is 0 Å². The molecule has 0 unspecified atom stereocenters. The second-order valence-electron chi connectivity index (χ2n) is 9.03. The Bertz CT molecular complexity index is 899. The third-order valence-electron chi connectivity index (χ3n) is 6.12. The molecule has 0 aliphatic rings. The predicted octanol–water partition coefficient (Wildman–Crippen LogP) is 4.42. The van der Waals surface area contributed by atoms with E-state index < -0.39 is 8.32 Å². The summed E-state index contributed by atoms with van der Waals surface area (Å²) >= 11 is 0. The third-order valence-corrected chi connectivity index (χ3v) is 10.7. The fraction of sp³-hybridized carbons (Fsp3) is 0.333. The maximum Gasteiger partial charge on any atom is 0.287 e. The first-order valence-corrected chi connectivity index (χ1v) is 12.4. The summed E-state index contributed by atoms with van der Waals surface area (Å²) in [6.07, 6.45) is 0. The molecule has 0 aromatic heterocycles. The second-order valence-corrected chi connectivity index (χ2v) is 12.0. The van der Waals surface area contributed by atoms with Crippen LogP contribution in [0.4, 0.5) is 0 Å². The summed E-state index contributed by atoms with van der Waals surface area (Å²) in [5.74, 6) is 0. The van der Waals surface area contributed by atoms with Gasteiger partial charge in [0.1, 0.15) is 0 Å². The quantitative estimate of drug-likeness (QED) is 0.508. The lowest BCUT2D eigenvalue weighted by atomic mass is 10.1. The van der Waals surface area contributed by atoms with Crippen LogP contribution >= 0.6 is 0 Å². The molecule has 0 bridgehead atoms. The van der Waals surface area contributed by atoms with Gasteiger partial charge in [0.2, 0.25) is 0 Å². The van der Waals surface area contributed by atoms with Crippen molar-refractivity contribution in [2.75, 3.05) is 0 Å². The summed E-state index contributed by atoms with van der Waals surface area (Å²) in [5, 5.41) is 3.44. The molecule has 0 aliphatic heterocycles. The zero-order chi connectivity index (χ0) is 21.7. The Kier molecular flexibility index (Phi) is 5.64. The molecular formula is C27H34OSi. The maximum atomic E-state index is 12.9. The summed E-state index contributed by atoms with van der Waals surface area (Å²) in [7, 11) is -3.21. The summed E-state index contributed by atoms with van der Waals surface area (Å²) in [6.45, 7) is 19.3. The summed E-state index contributed by atoms with van der Waals surface area (Å²) < 4.78 is 0. The van der Waals surface area contributed by atoms with Gasteiger partial charge in [0.05, 0.1) is 0 Å². The minimum atomic E-state index is -3.21. The van der Waals surface area contributed by atoms with Gasteiger partial charge in [0.25, 0.3) is 8.32 Å². The van der Waals surface area contributed by atoms with E-state index in [-0.39, 0.29) is 0 Å². The van der Waals surface area contributed by atoms with Crippen molar-refractivity contribution in [2.45, 2.75) is 62.3 Å². The van der Waals surface area contributed by atoms with Gasteiger partial charge in [-0.3, -0.25) is 0 Å². The number of aryl methyl sites for hydroxylation is 9.